The largest absolute Gasteiger partial charge is 0.352 e. The maximum atomic E-state index is 13.4. The lowest BCUT2D eigenvalue weighted by Gasteiger charge is -2.62. The van der Waals surface area contributed by atoms with E-state index in [-0.39, 0.29) is 22.7 Å². The summed E-state index contributed by atoms with van der Waals surface area (Å²) in [7, 11) is 0. The number of fused-ring (bicyclic) bond motifs is 6. The van der Waals surface area contributed by atoms with Crippen molar-refractivity contribution >= 4 is 22.8 Å². The first-order valence-electron chi connectivity index (χ1n) is 13.3. The molecule has 4 saturated carbocycles. The summed E-state index contributed by atoms with van der Waals surface area (Å²) in [6.07, 6.45) is 11.9. The third kappa shape index (κ3) is 3.59. The highest BCUT2D eigenvalue weighted by Gasteiger charge is 2.69. The number of thioether (sulfide) groups is 1. The number of nitrogens with one attached hydrogen (secondary N) is 1. The van der Waals surface area contributed by atoms with E-state index in [1.165, 1.54) is 43.9 Å². The van der Waals surface area contributed by atoms with Gasteiger partial charge in [0.05, 0.1) is 0 Å². The first kappa shape index (κ1) is 23.4. The maximum Gasteiger partial charge on any atom is 0.220 e. The molecule has 1 aliphatic heterocycles. The van der Waals surface area contributed by atoms with Gasteiger partial charge in [0.1, 0.15) is 5.03 Å². The minimum atomic E-state index is 0.122. The van der Waals surface area contributed by atoms with Crippen molar-refractivity contribution < 1.29 is 9.59 Å². The van der Waals surface area contributed by atoms with Gasteiger partial charge >= 0.3 is 0 Å². The van der Waals surface area contributed by atoms with E-state index in [0.717, 1.165) is 30.2 Å². The lowest BCUT2D eigenvalue weighted by molar-refractivity contribution is -0.148. The zero-order valence-electron chi connectivity index (χ0n) is 20.7. The van der Waals surface area contributed by atoms with Crippen LogP contribution in [-0.2, 0) is 9.59 Å². The molecule has 6 rings (SSSR count). The summed E-state index contributed by atoms with van der Waals surface area (Å²) >= 11 is 1.36. The Morgan fingerprint density at radius 2 is 1.79 bits per heavy atom. The number of rotatable bonds is 2. The Morgan fingerprint density at radius 1 is 1.03 bits per heavy atom. The quantitative estimate of drug-likeness (QED) is 0.521. The number of carbonyl (C=O) groups excluding carboxylic acids is 2. The van der Waals surface area contributed by atoms with Gasteiger partial charge < -0.3 is 5.32 Å². The summed E-state index contributed by atoms with van der Waals surface area (Å²) in [6, 6.07) is 6.20. The summed E-state index contributed by atoms with van der Waals surface area (Å²) in [6.45, 7) is 8.92. The van der Waals surface area contributed by atoms with Gasteiger partial charge in [-0.05, 0) is 109 Å². The molecule has 5 heteroatoms. The van der Waals surface area contributed by atoms with Crippen molar-refractivity contribution in [3.05, 3.63) is 24.4 Å². The average Bonchev–Trinajstić information content (AvgIpc) is 3.49. The predicted octanol–water partition coefficient (Wildman–Crippen LogP) is 6.25. The van der Waals surface area contributed by atoms with Crippen LogP contribution in [0.5, 0.6) is 0 Å². The molecule has 4 aliphatic carbocycles. The van der Waals surface area contributed by atoms with E-state index in [4.69, 9.17) is 0 Å². The molecular formula is C28H40N2O2S. The molecule has 0 aromatic carbocycles. The smallest absolute Gasteiger partial charge is 0.220 e. The van der Waals surface area contributed by atoms with Crippen molar-refractivity contribution in [1.82, 2.24) is 10.3 Å². The summed E-state index contributed by atoms with van der Waals surface area (Å²) in [5, 5.41) is 4.62. The fraction of sp³-hybridized carbons (Fsp3) is 0.750. The molecule has 4 nitrogen and oxygen atoms in total. The molecule has 1 N–H and O–H groups in total. The normalized spacial score (nSPS) is 42.2. The summed E-state index contributed by atoms with van der Waals surface area (Å²) in [5.74, 6) is 2.48. The van der Waals surface area contributed by atoms with Crippen LogP contribution in [0.2, 0.25) is 0 Å². The number of hydrogen-bond acceptors (Lipinski definition) is 4. The highest BCUT2D eigenvalue weighted by molar-refractivity contribution is 8.13. The Balaban J connectivity index is 0.00000111. The van der Waals surface area contributed by atoms with Crippen molar-refractivity contribution in [1.29, 1.82) is 0 Å². The fourth-order valence-electron chi connectivity index (χ4n) is 8.78. The molecule has 1 spiro atoms. The Bertz CT molecular complexity index is 916. The van der Waals surface area contributed by atoms with E-state index < -0.39 is 0 Å². The molecule has 33 heavy (non-hydrogen) atoms. The second kappa shape index (κ2) is 8.39. The molecule has 4 unspecified atom stereocenters. The van der Waals surface area contributed by atoms with Crippen LogP contribution in [0, 0.1) is 39.9 Å². The van der Waals surface area contributed by atoms with Gasteiger partial charge in [0.15, 0.2) is 5.12 Å². The molecule has 180 valence electrons. The molecular weight excluding hydrogens is 428 g/mol. The Hall–Kier alpha value is -1.36. The van der Waals surface area contributed by atoms with Gasteiger partial charge in [-0.2, -0.15) is 0 Å². The monoisotopic (exact) mass is 468 g/mol. The van der Waals surface area contributed by atoms with E-state index >= 15 is 0 Å². The van der Waals surface area contributed by atoms with E-state index in [1.54, 1.807) is 6.20 Å². The van der Waals surface area contributed by atoms with Crippen LogP contribution in [0.3, 0.4) is 0 Å². The molecule has 0 radical (unpaired) electrons. The molecule has 2 heterocycles. The van der Waals surface area contributed by atoms with E-state index in [0.29, 0.717) is 34.8 Å². The molecule has 1 aromatic heterocycles. The van der Waals surface area contributed by atoms with Crippen molar-refractivity contribution in [2.45, 2.75) is 96.6 Å². The molecule has 7 atom stereocenters. The Labute approximate surface area is 203 Å². The van der Waals surface area contributed by atoms with E-state index in [1.807, 2.05) is 32.0 Å². The minimum Gasteiger partial charge on any atom is -0.352 e. The fourth-order valence-corrected chi connectivity index (χ4v) is 9.77. The summed E-state index contributed by atoms with van der Waals surface area (Å²) < 4.78 is 0. The van der Waals surface area contributed by atoms with Crippen LogP contribution >= 0.6 is 11.8 Å². The number of nitrogens with zero attached hydrogens (tertiary/aromatic N) is 1. The number of carbonyl (C=O) groups is 2. The highest BCUT2D eigenvalue weighted by atomic mass is 32.2. The van der Waals surface area contributed by atoms with Gasteiger partial charge in [0.2, 0.25) is 5.91 Å². The zero-order chi connectivity index (χ0) is 23.4. The minimum absolute atomic E-state index is 0.122. The summed E-state index contributed by atoms with van der Waals surface area (Å²) in [4.78, 5) is 30.0. The SMILES string of the molecule is CC.C[C@]12CCC(=O)NC1C1(CC1)CC1C2CC[C@@]2(C)C1CC[C@@H]2C(=O)Sc1ccccn1. The second-order valence-corrected chi connectivity index (χ2v) is 12.7. The molecule has 1 amide bonds. The van der Waals surface area contributed by atoms with Crippen LogP contribution in [0.4, 0.5) is 0 Å². The first-order valence-corrected chi connectivity index (χ1v) is 14.1. The van der Waals surface area contributed by atoms with Gasteiger partial charge in [0, 0.05) is 24.6 Å². The molecule has 1 saturated heterocycles. The number of piperidine rings is 1. The zero-order valence-corrected chi connectivity index (χ0v) is 21.5. The van der Waals surface area contributed by atoms with Crippen LogP contribution in [0.1, 0.15) is 85.5 Å². The van der Waals surface area contributed by atoms with Crippen LogP contribution < -0.4 is 5.32 Å². The number of pyridine rings is 1. The molecule has 1 aromatic rings. The second-order valence-electron chi connectivity index (χ2n) is 11.7. The van der Waals surface area contributed by atoms with Crippen LogP contribution in [-0.4, -0.2) is 22.0 Å². The van der Waals surface area contributed by atoms with Crippen molar-refractivity contribution in [3.8, 4) is 0 Å². The van der Waals surface area contributed by atoms with Crippen LogP contribution in [0.15, 0.2) is 29.4 Å². The highest BCUT2D eigenvalue weighted by Crippen LogP contribution is 2.72. The van der Waals surface area contributed by atoms with Crippen LogP contribution in [0.25, 0.3) is 0 Å². The number of hydrogen-bond donors (Lipinski definition) is 1. The van der Waals surface area contributed by atoms with E-state index in [9.17, 15) is 9.59 Å². The topological polar surface area (TPSA) is 59.1 Å². The predicted molar refractivity (Wildman–Crippen MR) is 133 cm³/mol. The van der Waals surface area contributed by atoms with Gasteiger partial charge in [-0.15, -0.1) is 0 Å². The maximum absolute atomic E-state index is 13.4. The molecule has 5 fully saturated rings. The van der Waals surface area contributed by atoms with E-state index in [2.05, 4.69) is 24.1 Å². The number of amides is 1. The average molecular weight is 469 g/mol. The van der Waals surface area contributed by atoms with Gasteiger partial charge in [0.25, 0.3) is 0 Å². The lowest BCUT2D eigenvalue weighted by Crippen LogP contribution is -2.65. The van der Waals surface area contributed by atoms with Gasteiger partial charge in [-0.1, -0.05) is 33.8 Å². The van der Waals surface area contributed by atoms with Gasteiger partial charge in [-0.3, -0.25) is 9.59 Å². The lowest BCUT2D eigenvalue weighted by atomic mass is 9.44. The third-order valence-corrected chi connectivity index (χ3v) is 11.4. The van der Waals surface area contributed by atoms with Crippen molar-refractivity contribution in [2.24, 2.45) is 39.9 Å². The Morgan fingerprint density at radius 3 is 2.48 bits per heavy atom. The molecule has 5 aliphatic rings. The number of aromatic nitrogens is 1. The Kier molecular flexibility index (Phi) is 5.95. The third-order valence-electron chi connectivity index (χ3n) is 10.4. The first-order chi connectivity index (χ1) is 15.9. The summed E-state index contributed by atoms with van der Waals surface area (Å²) in [5.41, 5.74) is 0.700. The van der Waals surface area contributed by atoms with Crippen molar-refractivity contribution in [2.75, 3.05) is 0 Å². The van der Waals surface area contributed by atoms with Gasteiger partial charge in [-0.25, -0.2) is 4.98 Å². The standard InChI is InChI=1S/C26H34N2O2S.C2H6/c1-24-10-8-18-16(15-26(12-13-26)23-25(18,2)11-9-20(29)28-23)17(24)6-7-19(24)22(30)31-21-5-3-4-14-27-21;1-2/h3-5,14,16-19,23H,6-13,15H2,1-2H3,(H,28,29);1-2H3/t16?,17?,18?,19-,23?,24+,25-;/m1./s1. The molecule has 0 bridgehead atoms. The van der Waals surface area contributed by atoms with Crippen molar-refractivity contribution in [3.63, 3.8) is 0 Å².